The van der Waals surface area contributed by atoms with Crippen molar-refractivity contribution in [2.24, 2.45) is 0 Å². The van der Waals surface area contributed by atoms with Crippen LogP contribution in [0.15, 0.2) is 42.5 Å². The second-order valence-corrected chi connectivity index (χ2v) is 7.04. The van der Waals surface area contributed by atoms with Crippen molar-refractivity contribution in [3.05, 3.63) is 63.7 Å². The predicted octanol–water partition coefficient (Wildman–Crippen LogP) is 3.59. The molecule has 0 unspecified atom stereocenters. The number of amides is 1. The van der Waals surface area contributed by atoms with E-state index in [4.69, 9.17) is 9.47 Å². The van der Waals surface area contributed by atoms with Gasteiger partial charge in [0.1, 0.15) is 0 Å². The van der Waals surface area contributed by atoms with E-state index in [1.165, 1.54) is 23.9 Å². The Bertz CT molecular complexity index is 796. The number of nitrogens with zero attached hydrogens (tertiary/aromatic N) is 1. The maximum Gasteiger partial charge on any atom is 0.269 e. The summed E-state index contributed by atoms with van der Waals surface area (Å²) >= 11 is 1.48. The minimum Gasteiger partial charge on any atom is -0.493 e. The molecule has 7 nitrogen and oxygen atoms in total. The van der Waals surface area contributed by atoms with E-state index in [1.54, 1.807) is 26.4 Å². The lowest BCUT2D eigenvalue weighted by molar-refractivity contribution is -0.384. The first kappa shape index (κ1) is 21.6. The normalized spacial score (nSPS) is 10.4. The fourth-order valence-electron chi connectivity index (χ4n) is 2.58. The smallest absolute Gasteiger partial charge is 0.269 e. The van der Waals surface area contributed by atoms with E-state index in [9.17, 15) is 14.9 Å². The van der Waals surface area contributed by atoms with Gasteiger partial charge in [-0.25, -0.2) is 0 Å². The van der Waals surface area contributed by atoms with Crippen molar-refractivity contribution in [1.82, 2.24) is 5.32 Å². The fourth-order valence-corrected chi connectivity index (χ4v) is 3.40. The first-order valence-corrected chi connectivity index (χ1v) is 9.97. The third-order valence-electron chi connectivity index (χ3n) is 4.06. The van der Waals surface area contributed by atoms with Crippen LogP contribution in [0.25, 0.3) is 0 Å². The molecule has 0 aromatic heterocycles. The molecule has 0 bridgehead atoms. The monoisotopic (exact) mass is 404 g/mol. The predicted molar refractivity (Wildman–Crippen MR) is 110 cm³/mol. The van der Waals surface area contributed by atoms with Crippen LogP contribution < -0.4 is 14.8 Å². The lowest BCUT2D eigenvalue weighted by atomic mass is 10.1. The summed E-state index contributed by atoms with van der Waals surface area (Å²) in [5, 5.41) is 13.5. The van der Waals surface area contributed by atoms with Gasteiger partial charge < -0.3 is 14.8 Å². The van der Waals surface area contributed by atoms with Crippen LogP contribution >= 0.6 is 11.8 Å². The Labute approximate surface area is 168 Å². The van der Waals surface area contributed by atoms with Crippen LogP contribution in [0.2, 0.25) is 0 Å². The molecular formula is C20H24N2O5S. The third kappa shape index (κ3) is 6.77. The summed E-state index contributed by atoms with van der Waals surface area (Å²) in [6, 6.07) is 12.2. The maximum atomic E-state index is 11.9. The summed E-state index contributed by atoms with van der Waals surface area (Å²) in [6.45, 7) is 0.602. The second-order valence-electron chi connectivity index (χ2n) is 6.06. The van der Waals surface area contributed by atoms with Crippen molar-refractivity contribution in [2.45, 2.75) is 18.6 Å². The number of hydrogen-bond acceptors (Lipinski definition) is 6. The van der Waals surface area contributed by atoms with E-state index in [2.05, 4.69) is 5.32 Å². The van der Waals surface area contributed by atoms with E-state index in [0.29, 0.717) is 29.5 Å². The van der Waals surface area contributed by atoms with Crippen molar-refractivity contribution in [1.29, 1.82) is 0 Å². The lowest BCUT2D eigenvalue weighted by Gasteiger charge is -2.10. The van der Waals surface area contributed by atoms with Crippen LogP contribution in [0.3, 0.4) is 0 Å². The Kier molecular flexibility index (Phi) is 8.61. The molecule has 1 N–H and O–H groups in total. The number of nitrogens with one attached hydrogen (secondary N) is 1. The Morgan fingerprint density at radius 3 is 2.39 bits per heavy atom. The zero-order valence-electron chi connectivity index (χ0n) is 16.0. The molecule has 0 aliphatic heterocycles. The zero-order chi connectivity index (χ0) is 20.4. The van der Waals surface area contributed by atoms with Gasteiger partial charge in [-0.2, -0.15) is 0 Å². The van der Waals surface area contributed by atoms with Gasteiger partial charge in [-0.05, 0) is 36.1 Å². The van der Waals surface area contributed by atoms with E-state index < -0.39 is 4.92 Å². The topological polar surface area (TPSA) is 90.7 Å². The molecule has 28 heavy (non-hydrogen) atoms. The number of carbonyl (C=O) groups excluding carboxylic acids is 1. The molecule has 1 amide bonds. The lowest BCUT2D eigenvalue weighted by Crippen LogP contribution is -2.26. The number of benzene rings is 2. The van der Waals surface area contributed by atoms with Crippen molar-refractivity contribution < 1.29 is 19.2 Å². The Morgan fingerprint density at radius 1 is 1.07 bits per heavy atom. The van der Waals surface area contributed by atoms with E-state index >= 15 is 0 Å². The highest BCUT2D eigenvalue weighted by molar-refractivity contribution is 7.99. The van der Waals surface area contributed by atoms with Crippen LogP contribution in [0.1, 0.15) is 17.5 Å². The number of methoxy groups -OCH3 is 2. The maximum absolute atomic E-state index is 11.9. The highest BCUT2D eigenvalue weighted by atomic mass is 32.2. The summed E-state index contributed by atoms with van der Waals surface area (Å²) in [7, 11) is 3.21. The SMILES string of the molecule is COc1ccc(CCCNC(=O)CSCc2ccc([N+](=O)[O-])cc2)cc1OC. The molecule has 0 aliphatic rings. The summed E-state index contributed by atoms with van der Waals surface area (Å²) in [6.07, 6.45) is 1.66. The third-order valence-corrected chi connectivity index (χ3v) is 5.07. The molecule has 2 rings (SSSR count). The van der Waals surface area contributed by atoms with Crippen molar-refractivity contribution in [2.75, 3.05) is 26.5 Å². The fraction of sp³-hybridized carbons (Fsp3) is 0.350. The van der Waals surface area contributed by atoms with Gasteiger partial charge in [0, 0.05) is 24.4 Å². The van der Waals surface area contributed by atoms with E-state index in [1.807, 2.05) is 18.2 Å². The average molecular weight is 404 g/mol. The van der Waals surface area contributed by atoms with Gasteiger partial charge in [0.25, 0.3) is 5.69 Å². The zero-order valence-corrected chi connectivity index (χ0v) is 16.8. The number of non-ortho nitro benzene ring substituents is 1. The van der Waals surface area contributed by atoms with Crippen LogP contribution in [-0.4, -0.2) is 37.3 Å². The van der Waals surface area contributed by atoms with Crippen molar-refractivity contribution in [3.63, 3.8) is 0 Å². The van der Waals surface area contributed by atoms with Crippen molar-refractivity contribution in [3.8, 4) is 11.5 Å². The highest BCUT2D eigenvalue weighted by Gasteiger charge is 2.07. The van der Waals surface area contributed by atoms with Gasteiger partial charge in [-0.3, -0.25) is 14.9 Å². The van der Waals surface area contributed by atoms with Crippen molar-refractivity contribution >= 4 is 23.4 Å². The number of hydrogen-bond donors (Lipinski definition) is 1. The number of rotatable bonds is 11. The molecule has 0 radical (unpaired) electrons. The molecule has 0 saturated carbocycles. The minimum absolute atomic E-state index is 0.0146. The molecule has 2 aromatic rings. The minimum atomic E-state index is -0.424. The number of carbonyl (C=O) groups is 1. The van der Waals surface area contributed by atoms with Gasteiger partial charge in [-0.1, -0.05) is 18.2 Å². The molecular weight excluding hydrogens is 380 g/mol. The Morgan fingerprint density at radius 2 is 1.75 bits per heavy atom. The molecule has 0 fully saturated rings. The molecule has 150 valence electrons. The summed E-state index contributed by atoms with van der Waals surface area (Å²) in [4.78, 5) is 22.1. The Hall–Kier alpha value is -2.74. The largest absolute Gasteiger partial charge is 0.493 e. The first-order valence-electron chi connectivity index (χ1n) is 8.82. The van der Waals surface area contributed by atoms with Crippen LogP contribution in [0.5, 0.6) is 11.5 Å². The molecule has 0 spiro atoms. The number of aryl methyl sites for hydroxylation is 1. The van der Waals surface area contributed by atoms with Gasteiger partial charge in [-0.15, -0.1) is 11.8 Å². The van der Waals surface area contributed by atoms with Crippen LogP contribution in [0.4, 0.5) is 5.69 Å². The van der Waals surface area contributed by atoms with E-state index in [-0.39, 0.29) is 11.6 Å². The molecule has 0 saturated heterocycles. The molecule has 0 aliphatic carbocycles. The molecule has 0 heterocycles. The standard InChI is InChI=1S/C20H24N2O5S/c1-26-18-10-7-15(12-19(18)27-2)4-3-11-21-20(23)14-28-13-16-5-8-17(9-6-16)22(24)25/h5-10,12H,3-4,11,13-14H2,1-2H3,(H,21,23). The van der Waals surface area contributed by atoms with Gasteiger partial charge >= 0.3 is 0 Å². The quantitative estimate of drug-likeness (QED) is 0.350. The van der Waals surface area contributed by atoms with Gasteiger partial charge in [0.05, 0.1) is 24.9 Å². The molecule has 2 aromatic carbocycles. The van der Waals surface area contributed by atoms with Gasteiger partial charge in [0.15, 0.2) is 11.5 Å². The number of ether oxygens (including phenoxy) is 2. The number of nitro groups is 1. The number of nitro benzene ring substituents is 1. The average Bonchev–Trinajstić information content (AvgIpc) is 2.71. The van der Waals surface area contributed by atoms with E-state index in [0.717, 1.165) is 24.0 Å². The first-order chi connectivity index (χ1) is 13.5. The Balaban J connectivity index is 1.64. The molecule has 0 atom stereocenters. The second kappa shape index (κ2) is 11.2. The number of thioether (sulfide) groups is 1. The van der Waals surface area contributed by atoms with Gasteiger partial charge in [0.2, 0.25) is 5.91 Å². The van der Waals surface area contributed by atoms with Crippen LogP contribution in [-0.2, 0) is 17.0 Å². The summed E-state index contributed by atoms with van der Waals surface area (Å²) in [5.41, 5.74) is 2.15. The summed E-state index contributed by atoms with van der Waals surface area (Å²) in [5.74, 6) is 2.38. The summed E-state index contributed by atoms with van der Waals surface area (Å²) < 4.78 is 10.5. The highest BCUT2D eigenvalue weighted by Crippen LogP contribution is 2.27. The molecule has 8 heteroatoms. The van der Waals surface area contributed by atoms with Crippen LogP contribution in [0, 0.1) is 10.1 Å².